The summed E-state index contributed by atoms with van der Waals surface area (Å²) in [5.41, 5.74) is 0. The second-order valence-corrected chi connectivity index (χ2v) is 9.46. The van der Waals surface area contributed by atoms with Crippen molar-refractivity contribution in [2.24, 2.45) is 0 Å². The van der Waals surface area contributed by atoms with E-state index in [1.807, 2.05) is 0 Å². The quantitative estimate of drug-likeness (QED) is 0.671. The molecule has 1 aromatic rings. The maximum absolute atomic E-state index is 12.3. The van der Waals surface area contributed by atoms with E-state index >= 15 is 0 Å². The Balaban J connectivity index is 1.72. The van der Waals surface area contributed by atoms with Gasteiger partial charge in [0.15, 0.2) is 0 Å². The van der Waals surface area contributed by atoms with Crippen molar-refractivity contribution in [1.82, 2.24) is 14.8 Å². The van der Waals surface area contributed by atoms with Gasteiger partial charge in [0.05, 0.1) is 9.79 Å². The minimum atomic E-state index is -3.64. The van der Waals surface area contributed by atoms with Gasteiger partial charge in [-0.05, 0) is 56.5 Å². The Hall–Kier alpha value is -1.00. The lowest BCUT2D eigenvalue weighted by Gasteiger charge is -2.23. The van der Waals surface area contributed by atoms with Gasteiger partial charge in [-0.1, -0.05) is 0 Å². The predicted molar refractivity (Wildman–Crippen MR) is 86.0 cm³/mol. The fraction of sp³-hybridized carbons (Fsp3) is 0.571. The van der Waals surface area contributed by atoms with Crippen LogP contribution in [0.25, 0.3) is 0 Å². The molecule has 0 radical (unpaired) electrons. The monoisotopic (exact) mass is 359 g/mol. The lowest BCUT2D eigenvalue weighted by molar-refractivity contribution is 0.428. The number of benzene rings is 1. The van der Waals surface area contributed by atoms with E-state index in [2.05, 4.69) is 14.8 Å². The number of hydrogen-bond acceptors (Lipinski definition) is 5. The van der Waals surface area contributed by atoms with Crippen LogP contribution in [0.4, 0.5) is 0 Å². The summed E-state index contributed by atoms with van der Waals surface area (Å²) in [6.45, 7) is 1.51. The molecule has 3 N–H and O–H groups in total. The second kappa shape index (κ2) is 6.48. The van der Waals surface area contributed by atoms with Crippen LogP contribution in [0.5, 0.6) is 0 Å². The first-order chi connectivity index (χ1) is 10.9. The number of sulfonamides is 2. The summed E-state index contributed by atoms with van der Waals surface area (Å²) in [6.07, 6.45) is 3.43. The molecule has 128 valence electrons. The van der Waals surface area contributed by atoms with E-state index in [1.165, 1.54) is 24.3 Å². The Labute approximate surface area is 137 Å². The summed E-state index contributed by atoms with van der Waals surface area (Å²) in [6, 6.07) is 5.22. The van der Waals surface area contributed by atoms with Crippen LogP contribution in [0.1, 0.15) is 25.7 Å². The summed E-state index contributed by atoms with van der Waals surface area (Å²) in [4.78, 5) is 0.163. The van der Waals surface area contributed by atoms with Crippen molar-refractivity contribution in [3.63, 3.8) is 0 Å². The number of nitrogens with one attached hydrogen (secondary N) is 3. The fourth-order valence-electron chi connectivity index (χ4n) is 2.53. The van der Waals surface area contributed by atoms with Crippen molar-refractivity contribution in [2.75, 3.05) is 13.1 Å². The molecule has 0 aromatic heterocycles. The third-order valence-corrected chi connectivity index (χ3v) is 7.04. The highest BCUT2D eigenvalue weighted by Crippen LogP contribution is 2.23. The number of rotatable bonds is 6. The van der Waals surface area contributed by atoms with Crippen molar-refractivity contribution >= 4 is 20.0 Å². The number of piperidine rings is 1. The smallest absolute Gasteiger partial charge is 0.240 e. The molecule has 1 aliphatic carbocycles. The highest BCUT2D eigenvalue weighted by atomic mass is 32.2. The standard InChI is InChI=1S/C14H21N3O4S2/c18-22(19,16-11-3-4-11)13-5-7-14(8-6-13)23(20,21)17-12-2-1-9-15-10-12/h5-8,11-12,15-17H,1-4,9-10H2. The molecule has 23 heavy (non-hydrogen) atoms. The SMILES string of the molecule is O=S(=O)(NC1CC1)c1ccc(S(=O)(=O)NC2CCCNC2)cc1. The van der Waals surface area contributed by atoms with Crippen molar-refractivity contribution in [2.45, 2.75) is 47.6 Å². The average Bonchev–Trinajstić information content (AvgIpc) is 3.31. The van der Waals surface area contributed by atoms with E-state index in [-0.39, 0.29) is 21.9 Å². The van der Waals surface area contributed by atoms with Gasteiger partial charge in [0.25, 0.3) is 0 Å². The summed E-state index contributed by atoms with van der Waals surface area (Å²) in [7, 11) is -7.20. The van der Waals surface area contributed by atoms with Gasteiger partial charge in [-0.3, -0.25) is 0 Å². The molecular weight excluding hydrogens is 338 g/mol. The maximum Gasteiger partial charge on any atom is 0.240 e. The van der Waals surface area contributed by atoms with Gasteiger partial charge < -0.3 is 5.32 Å². The predicted octanol–water partition coefficient (Wildman–Crippen LogP) is 0.158. The van der Waals surface area contributed by atoms with Gasteiger partial charge in [-0.2, -0.15) is 0 Å². The molecule has 1 aromatic carbocycles. The third kappa shape index (κ3) is 4.30. The average molecular weight is 359 g/mol. The molecule has 0 bridgehead atoms. The van der Waals surface area contributed by atoms with E-state index in [0.717, 1.165) is 32.2 Å². The van der Waals surface area contributed by atoms with Gasteiger partial charge in [0.1, 0.15) is 0 Å². The van der Waals surface area contributed by atoms with Crippen LogP contribution in [0.3, 0.4) is 0 Å². The zero-order valence-corrected chi connectivity index (χ0v) is 14.3. The van der Waals surface area contributed by atoms with Gasteiger partial charge in [-0.25, -0.2) is 26.3 Å². The Morgan fingerprint density at radius 1 is 0.826 bits per heavy atom. The summed E-state index contributed by atoms with van der Waals surface area (Å²) in [5, 5.41) is 3.15. The first-order valence-electron chi connectivity index (χ1n) is 7.72. The Kier molecular flexibility index (Phi) is 4.75. The maximum atomic E-state index is 12.3. The fourth-order valence-corrected chi connectivity index (χ4v) is 5.10. The van der Waals surface area contributed by atoms with Crippen LogP contribution in [-0.2, 0) is 20.0 Å². The van der Waals surface area contributed by atoms with Crippen LogP contribution in [0.15, 0.2) is 34.1 Å². The lowest BCUT2D eigenvalue weighted by atomic mass is 10.1. The normalized spacial score (nSPS) is 22.9. The first kappa shape index (κ1) is 16.8. The Morgan fingerprint density at radius 2 is 1.35 bits per heavy atom. The molecule has 1 saturated carbocycles. The summed E-state index contributed by atoms with van der Waals surface area (Å²) < 4.78 is 54.1. The van der Waals surface area contributed by atoms with Crippen molar-refractivity contribution in [3.05, 3.63) is 24.3 Å². The molecule has 0 amide bonds. The van der Waals surface area contributed by atoms with Gasteiger partial charge in [0.2, 0.25) is 20.0 Å². The Morgan fingerprint density at radius 3 is 1.78 bits per heavy atom. The molecule has 9 heteroatoms. The van der Waals surface area contributed by atoms with Gasteiger partial charge >= 0.3 is 0 Å². The van der Waals surface area contributed by atoms with Crippen molar-refractivity contribution in [1.29, 1.82) is 0 Å². The third-order valence-electron chi connectivity index (χ3n) is 3.96. The molecule has 2 aliphatic rings. The van der Waals surface area contributed by atoms with Gasteiger partial charge in [0, 0.05) is 18.6 Å². The van der Waals surface area contributed by atoms with E-state index in [4.69, 9.17) is 0 Å². The molecule has 2 fully saturated rings. The largest absolute Gasteiger partial charge is 0.315 e. The van der Waals surface area contributed by atoms with E-state index < -0.39 is 20.0 Å². The summed E-state index contributed by atoms with van der Waals surface area (Å²) in [5.74, 6) is 0. The lowest BCUT2D eigenvalue weighted by Crippen LogP contribution is -2.45. The molecule has 1 atom stereocenters. The molecular formula is C14H21N3O4S2. The second-order valence-electron chi connectivity index (χ2n) is 6.03. The zero-order chi connectivity index (χ0) is 16.5. The molecule has 0 spiro atoms. The van der Waals surface area contributed by atoms with E-state index in [9.17, 15) is 16.8 Å². The van der Waals surface area contributed by atoms with E-state index in [0.29, 0.717) is 6.54 Å². The highest BCUT2D eigenvalue weighted by Gasteiger charge is 2.28. The molecule has 1 saturated heterocycles. The van der Waals surface area contributed by atoms with Gasteiger partial charge in [-0.15, -0.1) is 0 Å². The number of hydrogen-bond donors (Lipinski definition) is 3. The van der Waals surface area contributed by atoms with E-state index in [1.54, 1.807) is 0 Å². The van der Waals surface area contributed by atoms with Crippen LogP contribution >= 0.6 is 0 Å². The minimum absolute atomic E-state index is 0.0175. The van der Waals surface area contributed by atoms with Crippen LogP contribution in [-0.4, -0.2) is 42.0 Å². The Bertz CT molecular complexity index is 750. The molecule has 7 nitrogen and oxygen atoms in total. The van der Waals surface area contributed by atoms with Crippen LogP contribution in [0.2, 0.25) is 0 Å². The minimum Gasteiger partial charge on any atom is -0.315 e. The van der Waals surface area contributed by atoms with Crippen molar-refractivity contribution in [3.8, 4) is 0 Å². The molecule has 1 unspecified atom stereocenters. The first-order valence-corrected chi connectivity index (χ1v) is 10.7. The van der Waals surface area contributed by atoms with Crippen LogP contribution in [0, 0.1) is 0 Å². The topological polar surface area (TPSA) is 104 Å². The molecule has 1 aliphatic heterocycles. The zero-order valence-electron chi connectivity index (χ0n) is 12.7. The van der Waals surface area contributed by atoms with Crippen LogP contribution < -0.4 is 14.8 Å². The summed E-state index contributed by atoms with van der Waals surface area (Å²) >= 11 is 0. The van der Waals surface area contributed by atoms with Crippen molar-refractivity contribution < 1.29 is 16.8 Å². The highest BCUT2D eigenvalue weighted by molar-refractivity contribution is 7.90. The molecule has 1 heterocycles. The molecule has 3 rings (SSSR count).